The Labute approximate surface area is 182 Å². The molecule has 0 saturated heterocycles. The number of imidazole rings is 2. The van der Waals surface area contributed by atoms with Crippen LogP contribution < -0.4 is 10.6 Å². The van der Waals surface area contributed by atoms with Gasteiger partial charge in [0.15, 0.2) is 5.96 Å². The minimum Gasteiger partial charge on any atom is -0.357 e. The number of nitrogens with zero attached hydrogens (tertiary/aromatic N) is 5. The molecule has 0 bridgehead atoms. The van der Waals surface area contributed by atoms with Crippen molar-refractivity contribution in [3.63, 3.8) is 0 Å². The number of aromatic nitrogens is 4. The molecule has 7 heteroatoms. The molecule has 0 amide bonds. The van der Waals surface area contributed by atoms with E-state index in [2.05, 4.69) is 69.3 Å². The van der Waals surface area contributed by atoms with E-state index in [9.17, 15) is 0 Å². The van der Waals surface area contributed by atoms with Crippen LogP contribution in [0.4, 0.5) is 0 Å². The Morgan fingerprint density at radius 3 is 2.74 bits per heavy atom. The number of fused-ring (bicyclic) bond motifs is 1. The molecular formula is C24H29N7. The van der Waals surface area contributed by atoms with Crippen LogP contribution >= 0.6 is 0 Å². The Bertz CT molecular complexity index is 1140. The Morgan fingerprint density at radius 2 is 1.90 bits per heavy atom. The molecule has 2 aromatic carbocycles. The molecule has 160 valence electrons. The number of guanidine groups is 1. The second kappa shape index (κ2) is 9.93. The summed E-state index contributed by atoms with van der Waals surface area (Å²) in [4.78, 5) is 13.6. The van der Waals surface area contributed by atoms with Crippen molar-refractivity contribution in [2.45, 2.75) is 33.4 Å². The molecule has 0 aliphatic rings. The summed E-state index contributed by atoms with van der Waals surface area (Å²) in [5, 5.41) is 6.80. The highest BCUT2D eigenvalue weighted by Crippen LogP contribution is 2.16. The van der Waals surface area contributed by atoms with Crippen LogP contribution in [0.15, 0.2) is 72.2 Å². The van der Waals surface area contributed by atoms with Gasteiger partial charge in [-0.2, -0.15) is 0 Å². The summed E-state index contributed by atoms with van der Waals surface area (Å²) < 4.78 is 4.30. The van der Waals surface area contributed by atoms with E-state index in [1.54, 1.807) is 6.20 Å². The van der Waals surface area contributed by atoms with Crippen LogP contribution in [-0.4, -0.2) is 38.2 Å². The van der Waals surface area contributed by atoms with Crippen molar-refractivity contribution in [1.82, 2.24) is 29.7 Å². The number of rotatable bonds is 8. The molecule has 0 fully saturated rings. The third-order valence-corrected chi connectivity index (χ3v) is 5.22. The maximum Gasteiger partial charge on any atom is 0.191 e. The molecule has 0 radical (unpaired) electrons. The molecule has 0 spiro atoms. The molecule has 7 nitrogen and oxygen atoms in total. The van der Waals surface area contributed by atoms with Gasteiger partial charge >= 0.3 is 0 Å². The van der Waals surface area contributed by atoms with Crippen LogP contribution in [-0.2, 0) is 13.1 Å². The highest BCUT2D eigenvalue weighted by atomic mass is 15.2. The number of aliphatic imine (C=N–C) groups is 1. The fourth-order valence-corrected chi connectivity index (χ4v) is 3.73. The van der Waals surface area contributed by atoms with Gasteiger partial charge in [0.2, 0.25) is 0 Å². The lowest BCUT2D eigenvalue weighted by Gasteiger charge is -2.13. The molecule has 0 saturated carbocycles. The van der Waals surface area contributed by atoms with Crippen molar-refractivity contribution >= 4 is 17.0 Å². The van der Waals surface area contributed by atoms with Gasteiger partial charge in [-0.3, -0.25) is 0 Å². The summed E-state index contributed by atoms with van der Waals surface area (Å²) in [6, 6.07) is 16.6. The van der Waals surface area contributed by atoms with Gasteiger partial charge in [-0.05, 0) is 44.0 Å². The standard InChI is InChI=1S/C24H29N7/c1-3-26-24(28-17-20-9-4-6-11-22(20)30-16-14-25-18-30)27-13-8-15-31-19(2)29-21-10-5-7-12-23(21)31/h4-7,9-12,14,16,18H,3,8,13,15,17H2,1-2H3,(H2,26,27,28). The summed E-state index contributed by atoms with van der Waals surface area (Å²) in [7, 11) is 0. The fourth-order valence-electron chi connectivity index (χ4n) is 3.73. The number of hydrogen-bond acceptors (Lipinski definition) is 3. The zero-order valence-electron chi connectivity index (χ0n) is 18.1. The van der Waals surface area contributed by atoms with Gasteiger partial charge in [0.25, 0.3) is 0 Å². The van der Waals surface area contributed by atoms with Crippen molar-refractivity contribution in [2.75, 3.05) is 13.1 Å². The monoisotopic (exact) mass is 415 g/mol. The maximum absolute atomic E-state index is 4.80. The highest BCUT2D eigenvalue weighted by Gasteiger charge is 2.07. The highest BCUT2D eigenvalue weighted by molar-refractivity contribution is 5.79. The Hall–Kier alpha value is -3.61. The van der Waals surface area contributed by atoms with E-state index in [-0.39, 0.29) is 0 Å². The number of nitrogens with one attached hydrogen (secondary N) is 2. The van der Waals surface area contributed by atoms with Gasteiger partial charge in [-0.15, -0.1) is 0 Å². The molecule has 0 unspecified atom stereocenters. The number of hydrogen-bond donors (Lipinski definition) is 2. The lowest BCUT2D eigenvalue weighted by atomic mass is 10.2. The average Bonchev–Trinajstić information content (AvgIpc) is 3.43. The quantitative estimate of drug-likeness (QED) is 0.262. The summed E-state index contributed by atoms with van der Waals surface area (Å²) >= 11 is 0. The van der Waals surface area contributed by atoms with Crippen LogP contribution in [0.25, 0.3) is 16.7 Å². The van der Waals surface area contributed by atoms with Crippen LogP contribution in [0.1, 0.15) is 24.7 Å². The van der Waals surface area contributed by atoms with E-state index in [0.29, 0.717) is 6.54 Å². The van der Waals surface area contributed by atoms with Gasteiger partial charge < -0.3 is 19.8 Å². The predicted octanol–water partition coefficient (Wildman–Crippen LogP) is 3.68. The molecule has 4 aromatic rings. The second-order valence-corrected chi connectivity index (χ2v) is 7.37. The van der Waals surface area contributed by atoms with Gasteiger partial charge in [-0.1, -0.05) is 30.3 Å². The van der Waals surface area contributed by atoms with Gasteiger partial charge in [0.05, 0.1) is 29.6 Å². The first-order valence-corrected chi connectivity index (χ1v) is 10.8. The van der Waals surface area contributed by atoms with E-state index in [1.807, 2.05) is 35.3 Å². The van der Waals surface area contributed by atoms with E-state index in [0.717, 1.165) is 54.6 Å². The smallest absolute Gasteiger partial charge is 0.191 e. The third-order valence-electron chi connectivity index (χ3n) is 5.22. The van der Waals surface area contributed by atoms with Crippen molar-refractivity contribution in [3.8, 4) is 5.69 Å². The Morgan fingerprint density at radius 1 is 1.06 bits per heavy atom. The molecule has 0 aliphatic carbocycles. The molecule has 0 atom stereocenters. The van der Waals surface area contributed by atoms with Crippen LogP contribution in [0, 0.1) is 6.92 Å². The molecule has 4 rings (SSSR count). The van der Waals surface area contributed by atoms with Crippen molar-refractivity contribution in [1.29, 1.82) is 0 Å². The molecule has 31 heavy (non-hydrogen) atoms. The maximum atomic E-state index is 4.80. The molecule has 2 N–H and O–H groups in total. The van der Waals surface area contributed by atoms with Crippen LogP contribution in [0.5, 0.6) is 0 Å². The average molecular weight is 416 g/mol. The topological polar surface area (TPSA) is 72.1 Å². The summed E-state index contributed by atoms with van der Waals surface area (Å²) in [5.41, 5.74) is 4.50. The second-order valence-electron chi connectivity index (χ2n) is 7.37. The third kappa shape index (κ3) is 4.94. The summed E-state index contributed by atoms with van der Waals surface area (Å²) in [6.45, 7) is 7.31. The van der Waals surface area contributed by atoms with E-state index in [4.69, 9.17) is 4.99 Å². The number of para-hydroxylation sites is 3. The fraction of sp³-hybridized carbons (Fsp3) is 0.292. The van der Waals surface area contributed by atoms with E-state index >= 15 is 0 Å². The number of aryl methyl sites for hydroxylation is 2. The Kier molecular flexibility index (Phi) is 6.62. The number of benzene rings is 2. The zero-order chi connectivity index (χ0) is 21.5. The zero-order valence-corrected chi connectivity index (χ0v) is 18.1. The largest absolute Gasteiger partial charge is 0.357 e. The van der Waals surface area contributed by atoms with Crippen molar-refractivity contribution in [3.05, 3.63) is 78.6 Å². The first-order chi connectivity index (χ1) is 15.3. The first kappa shape index (κ1) is 20.7. The van der Waals surface area contributed by atoms with Crippen molar-refractivity contribution < 1.29 is 0 Å². The van der Waals surface area contributed by atoms with Crippen LogP contribution in [0.3, 0.4) is 0 Å². The molecular weight excluding hydrogens is 386 g/mol. The van der Waals surface area contributed by atoms with Gasteiger partial charge in [-0.25, -0.2) is 15.0 Å². The van der Waals surface area contributed by atoms with E-state index in [1.165, 1.54) is 5.52 Å². The lowest BCUT2D eigenvalue weighted by Crippen LogP contribution is -2.38. The van der Waals surface area contributed by atoms with Gasteiger partial charge in [0, 0.05) is 32.0 Å². The predicted molar refractivity (Wildman–Crippen MR) is 125 cm³/mol. The molecule has 2 aromatic heterocycles. The van der Waals surface area contributed by atoms with Crippen LogP contribution in [0.2, 0.25) is 0 Å². The van der Waals surface area contributed by atoms with Gasteiger partial charge in [0.1, 0.15) is 5.82 Å². The summed E-state index contributed by atoms with van der Waals surface area (Å²) in [6.07, 6.45) is 6.54. The van der Waals surface area contributed by atoms with E-state index < -0.39 is 0 Å². The molecule has 0 aliphatic heterocycles. The minimum atomic E-state index is 0.592. The first-order valence-electron chi connectivity index (χ1n) is 10.8. The lowest BCUT2D eigenvalue weighted by molar-refractivity contribution is 0.624. The molecule has 2 heterocycles. The SMILES string of the molecule is CCNC(=NCc1ccccc1-n1ccnc1)NCCCn1c(C)nc2ccccc21. The normalized spacial score (nSPS) is 11.7. The van der Waals surface area contributed by atoms with Crippen molar-refractivity contribution in [2.24, 2.45) is 4.99 Å². The summed E-state index contributed by atoms with van der Waals surface area (Å²) in [5.74, 6) is 1.88. The Balaban J connectivity index is 1.37. The minimum absolute atomic E-state index is 0.592.